The minimum atomic E-state index is 0.886. The van der Waals surface area contributed by atoms with Crippen LogP contribution in [0.15, 0.2) is 29.2 Å². The number of hydrogen-bond acceptors (Lipinski definition) is 4. The first kappa shape index (κ1) is 11.5. The first-order valence-electron chi connectivity index (χ1n) is 5.04. The van der Waals surface area contributed by atoms with Gasteiger partial charge in [-0.15, -0.1) is 0 Å². The normalized spacial score (nSPS) is 10.3. The molecule has 0 aliphatic heterocycles. The van der Waals surface area contributed by atoms with Gasteiger partial charge in [0, 0.05) is 28.9 Å². The Hall–Kier alpha value is -0.940. The number of alkyl halides is 1. The Labute approximate surface area is 107 Å². The van der Waals surface area contributed by atoms with Crippen LogP contribution in [0, 0.1) is 0 Å². The van der Waals surface area contributed by atoms with E-state index in [0.717, 1.165) is 35.4 Å². The quantitative estimate of drug-likeness (QED) is 0.679. The molecule has 1 N–H and O–H groups in total. The van der Waals surface area contributed by atoms with Crippen LogP contribution >= 0.6 is 27.3 Å². The summed E-state index contributed by atoms with van der Waals surface area (Å²) in [6, 6.07) is 4.05. The molecule has 2 rings (SSSR count). The maximum absolute atomic E-state index is 4.26. The third kappa shape index (κ3) is 3.02. The summed E-state index contributed by atoms with van der Waals surface area (Å²) >= 11 is 5.07. The second-order valence-corrected chi connectivity index (χ2v) is 4.84. The van der Waals surface area contributed by atoms with Gasteiger partial charge >= 0.3 is 0 Å². The van der Waals surface area contributed by atoms with Gasteiger partial charge < -0.3 is 5.32 Å². The number of nitrogens with one attached hydrogen (secondary N) is 1. The van der Waals surface area contributed by atoms with Gasteiger partial charge in [0.15, 0.2) is 0 Å². The van der Waals surface area contributed by atoms with Crippen LogP contribution in [0.25, 0.3) is 11.3 Å². The number of halogens is 1. The lowest BCUT2D eigenvalue weighted by Gasteiger charge is -2.04. The van der Waals surface area contributed by atoms with Gasteiger partial charge in [-0.3, -0.25) is 0 Å². The minimum absolute atomic E-state index is 0.886. The molecule has 84 valence electrons. The summed E-state index contributed by atoms with van der Waals surface area (Å²) in [5, 5.41) is 8.41. The van der Waals surface area contributed by atoms with Crippen molar-refractivity contribution in [2.75, 3.05) is 17.2 Å². The summed E-state index contributed by atoms with van der Waals surface area (Å²) < 4.78 is 0. The minimum Gasteiger partial charge on any atom is -0.370 e. The first-order valence-corrected chi connectivity index (χ1v) is 7.11. The van der Waals surface area contributed by atoms with E-state index < -0.39 is 0 Å². The highest BCUT2D eigenvalue weighted by molar-refractivity contribution is 9.09. The molecule has 2 aromatic heterocycles. The highest BCUT2D eigenvalue weighted by atomic mass is 79.9. The fourth-order valence-corrected chi connectivity index (χ4v) is 2.24. The van der Waals surface area contributed by atoms with Crippen LogP contribution in [-0.2, 0) is 0 Å². The lowest BCUT2D eigenvalue weighted by molar-refractivity contribution is 0.982. The first-order chi connectivity index (χ1) is 7.90. The topological polar surface area (TPSA) is 37.8 Å². The summed E-state index contributed by atoms with van der Waals surface area (Å²) in [5.41, 5.74) is 2.12. The van der Waals surface area contributed by atoms with E-state index in [-0.39, 0.29) is 0 Å². The molecule has 3 nitrogen and oxygen atoms in total. The van der Waals surface area contributed by atoms with Gasteiger partial charge in [0.25, 0.3) is 0 Å². The number of thiophene rings is 1. The Morgan fingerprint density at radius 2 is 2.31 bits per heavy atom. The second kappa shape index (κ2) is 5.96. The van der Waals surface area contributed by atoms with E-state index in [2.05, 4.69) is 48.0 Å². The third-order valence-corrected chi connectivity index (χ3v) is 3.34. The van der Waals surface area contributed by atoms with E-state index in [1.165, 1.54) is 0 Å². The summed E-state index contributed by atoms with van der Waals surface area (Å²) in [6.45, 7) is 0.922. The van der Waals surface area contributed by atoms with Gasteiger partial charge in [0.05, 0.1) is 5.69 Å². The zero-order valence-corrected chi connectivity index (χ0v) is 11.1. The van der Waals surface area contributed by atoms with E-state index in [1.54, 1.807) is 17.7 Å². The molecule has 0 spiro atoms. The average molecular weight is 298 g/mol. The molecule has 5 heteroatoms. The van der Waals surface area contributed by atoms with Crippen molar-refractivity contribution in [2.24, 2.45) is 0 Å². The largest absolute Gasteiger partial charge is 0.370 e. The van der Waals surface area contributed by atoms with Crippen LogP contribution in [0.5, 0.6) is 0 Å². The van der Waals surface area contributed by atoms with Crippen LogP contribution in [0.1, 0.15) is 6.42 Å². The fourth-order valence-electron chi connectivity index (χ4n) is 1.31. The van der Waals surface area contributed by atoms with Crippen molar-refractivity contribution in [1.29, 1.82) is 0 Å². The molecular weight excluding hydrogens is 286 g/mol. The van der Waals surface area contributed by atoms with E-state index in [9.17, 15) is 0 Å². The van der Waals surface area contributed by atoms with Gasteiger partial charge in [-0.1, -0.05) is 15.9 Å². The van der Waals surface area contributed by atoms with Crippen molar-refractivity contribution in [2.45, 2.75) is 6.42 Å². The molecular formula is C11H12BrN3S. The number of rotatable bonds is 5. The summed E-state index contributed by atoms with van der Waals surface area (Å²) in [5.74, 6) is 0.886. The highest BCUT2D eigenvalue weighted by Gasteiger charge is 2.01. The zero-order chi connectivity index (χ0) is 11.2. The molecule has 16 heavy (non-hydrogen) atoms. The number of nitrogens with zero attached hydrogens (tertiary/aromatic N) is 2. The maximum atomic E-state index is 4.26. The van der Waals surface area contributed by atoms with Gasteiger partial charge in [-0.25, -0.2) is 9.97 Å². The lowest BCUT2D eigenvalue weighted by Crippen LogP contribution is -2.04. The van der Waals surface area contributed by atoms with Crippen molar-refractivity contribution in [3.8, 4) is 11.3 Å². The molecule has 0 bridgehead atoms. The van der Waals surface area contributed by atoms with Crippen LogP contribution in [0.2, 0.25) is 0 Å². The Balaban J connectivity index is 2.08. The van der Waals surface area contributed by atoms with Crippen molar-refractivity contribution in [3.05, 3.63) is 29.2 Å². The molecule has 0 saturated carbocycles. The van der Waals surface area contributed by atoms with E-state index in [4.69, 9.17) is 0 Å². The van der Waals surface area contributed by atoms with Gasteiger partial charge in [-0.2, -0.15) is 11.3 Å². The summed E-state index contributed by atoms with van der Waals surface area (Å²) in [6.07, 6.45) is 2.68. The van der Waals surface area contributed by atoms with Crippen LogP contribution < -0.4 is 5.32 Å². The number of aromatic nitrogens is 2. The van der Waals surface area contributed by atoms with Gasteiger partial charge in [0.2, 0.25) is 0 Å². The van der Waals surface area contributed by atoms with Crippen molar-refractivity contribution >= 4 is 33.1 Å². The smallest absolute Gasteiger partial charge is 0.129 e. The lowest BCUT2D eigenvalue weighted by atomic mass is 10.2. The van der Waals surface area contributed by atoms with Gasteiger partial charge in [0.1, 0.15) is 12.1 Å². The monoisotopic (exact) mass is 297 g/mol. The van der Waals surface area contributed by atoms with Gasteiger partial charge in [-0.05, 0) is 17.9 Å². The summed E-state index contributed by atoms with van der Waals surface area (Å²) in [4.78, 5) is 8.44. The van der Waals surface area contributed by atoms with Crippen molar-refractivity contribution in [3.63, 3.8) is 0 Å². The molecule has 0 fully saturated rings. The molecule has 0 amide bonds. The standard InChI is InChI=1S/C11H12BrN3S/c12-3-1-4-13-11-6-10(14-8-15-11)9-2-5-16-7-9/h2,5-8H,1,3-4H2,(H,13,14,15). The number of anilines is 1. The van der Waals surface area contributed by atoms with E-state index in [1.807, 2.05) is 6.07 Å². The highest BCUT2D eigenvalue weighted by Crippen LogP contribution is 2.21. The zero-order valence-electron chi connectivity index (χ0n) is 8.69. The van der Waals surface area contributed by atoms with Crippen LogP contribution in [0.4, 0.5) is 5.82 Å². The Morgan fingerprint density at radius 1 is 1.38 bits per heavy atom. The molecule has 0 unspecified atom stereocenters. The molecule has 2 aromatic rings. The fraction of sp³-hybridized carbons (Fsp3) is 0.273. The van der Waals surface area contributed by atoms with Crippen molar-refractivity contribution < 1.29 is 0 Å². The second-order valence-electron chi connectivity index (χ2n) is 3.27. The van der Waals surface area contributed by atoms with E-state index in [0.29, 0.717) is 0 Å². The predicted molar refractivity (Wildman–Crippen MR) is 72.2 cm³/mol. The molecule has 0 aliphatic rings. The Bertz CT molecular complexity index is 431. The molecule has 0 aliphatic carbocycles. The average Bonchev–Trinajstić information content (AvgIpc) is 2.83. The van der Waals surface area contributed by atoms with Crippen LogP contribution in [0.3, 0.4) is 0 Å². The SMILES string of the molecule is BrCCCNc1cc(-c2ccsc2)ncn1. The molecule has 0 saturated heterocycles. The maximum Gasteiger partial charge on any atom is 0.129 e. The van der Waals surface area contributed by atoms with E-state index >= 15 is 0 Å². The third-order valence-electron chi connectivity index (χ3n) is 2.10. The Kier molecular flexibility index (Phi) is 4.30. The van der Waals surface area contributed by atoms with Crippen molar-refractivity contribution in [1.82, 2.24) is 9.97 Å². The van der Waals surface area contributed by atoms with Crippen LogP contribution in [-0.4, -0.2) is 21.8 Å². The molecule has 2 heterocycles. The molecule has 0 aromatic carbocycles. The number of hydrogen-bond donors (Lipinski definition) is 1. The molecule has 0 radical (unpaired) electrons. The predicted octanol–water partition coefficient (Wildman–Crippen LogP) is 3.40. The molecule has 0 atom stereocenters. The summed E-state index contributed by atoms with van der Waals surface area (Å²) in [7, 11) is 0. The Morgan fingerprint density at radius 3 is 3.06 bits per heavy atom.